The summed E-state index contributed by atoms with van der Waals surface area (Å²) in [7, 11) is 0. The van der Waals surface area contributed by atoms with Gasteiger partial charge in [-0.25, -0.2) is 0 Å². The van der Waals surface area contributed by atoms with Crippen molar-refractivity contribution in [2.24, 2.45) is 0 Å². The fourth-order valence-corrected chi connectivity index (χ4v) is 3.00. The summed E-state index contributed by atoms with van der Waals surface area (Å²) >= 11 is 5.95. The molecule has 2 aromatic carbocycles. The van der Waals surface area contributed by atoms with E-state index in [0.29, 0.717) is 11.8 Å². The Morgan fingerprint density at radius 2 is 1.25 bits per heavy atom. The van der Waals surface area contributed by atoms with Crippen molar-refractivity contribution in [2.45, 2.75) is 44.4 Å². The topological polar surface area (TPSA) is 0 Å². The summed E-state index contributed by atoms with van der Waals surface area (Å²) in [5.41, 5.74) is 4.53. The lowest BCUT2D eigenvalue weighted by atomic mass is 9.86. The van der Waals surface area contributed by atoms with Crippen LogP contribution >= 0.6 is 11.6 Å². The minimum absolute atomic E-state index is 0.234. The van der Waals surface area contributed by atoms with Crippen molar-refractivity contribution in [3.05, 3.63) is 70.2 Å². The molecule has 1 heteroatoms. The molecule has 0 aromatic heterocycles. The summed E-state index contributed by atoms with van der Waals surface area (Å²) in [6.07, 6.45) is 1.26. The van der Waals surface area contributed by atoms with Crippen molar-refractivity contribution in [1.82, 2.24) is 0 Å². The number of benzene rings is 2. The second-order valence-electron chi connectivity index (χ2n) is 6.87. The quantitative estimate of drug-likeness (QED) is 0.643. The molecule has 1 saturated carbocycles. The van der Waals surface area contributed by atoms with Crippen LogP contribution < -0.4 is 0 Å². The standard InChI is InChI=1S/C19H21Cl/c1-19(2,3)15-8-4-13(5-9-15)17-12-18(17)14-6-10-16(20)11-7-14/h4-11,17-18H,12H2,1-3H3/t17-,18+/m0/s1. The Kier molecular flexibility index (Phi) is 3.38. The molecule has 0 N–H and O–H groups in total. The zero-order chi connectivity index (χ0) is 14.3. The molecule has 0 aliphatic heterocycles. The molecule has 0 nitrogen and oxygen atoms in total. The number of halogens is 1. The summed E-state index contributed by atoms with van der Waals surface area (Å²) in [4.78, 5) is 0. The van der Waals surface area contributed by atoms with Gasteiger partial charge in [-0.3, -0.25) is 0 Å². The lowest BCUT2D eigenvalue weighted by molar-refractivity contribution is 0.590. The van der Waals surface area contributed by atoms with Gasteiger partial charge < -0.3 is 0 Å². The van der Waals surface area contributed by atoms with E-state index in [1.54, 1.807) is 0 Å². The second-order valence-corrected chi connectivity index (χ2v) is 7.31. The van der Waals surface area contributed by atoms with Gasteiger partial charge in [0.25, 0.3) is 0 Å². The van der Waals surface area contributed by atoms with E-state index in [-0.39, 0.29) is 5.41 Å². The van der Waals surface area contributed by atoms with Gasteiger partial charge in [-0.15, -0.1) is 0 Å². The molecule has 20 heavy (non-hydrogen) atoms. The molecule has 0 amide bonds. The van der Waals surface area contributed by atoms with Crippen molar-refractivity contribution in [2.75, 3.05) is 0 Å². The molecule has 104 valence electrons. The average molecular weight is 285 g/mol. The number of rotatable bonds is 2. The molecule has 0 spiro atoms. The normalized spacial score (nSPS) is 21.8. The van der Waals surface area contributed by atoms with Crippen LogP contribution in [-0.4, -0.2) is 0 Å². The lowest BCUT2D eigenvalue weighted by Gasteiger charge is -2.19. The van der Waals surface area contributed by atoms with Crippen LogP contribution in [0.3, 0.4) is 0 Å². The third-order valence-corrected chi connectivity index (χ3v) is 4.55. The predicted octanol–water partition coefficient (Wildman–Crippen LogP) is 5.91. The number of hydrogen-bond acceptors (Lipinski definition) is 0. The minimum atomic E-state index is 0.234. The highest BCUT2D eigenvalue weighted by Crippen LogP contribution is 2.54. The van der Waals surface area contributed by atoms with Gasteiger partial charge >= 0.3 is 0 Å². The van der Waals surface area contributed by atoms with Gasteiger partial charge in [-0.1, -0.05) is 68.8 Å². The Bertz CT molecular complexity index is 587. The first-order valence-corrected chi connectivity index (χ1v) is 7.69. The highest BCUT2D eigenvalue weighted by molar-refractivity contribution is 6.30. The molecule has 1 aliphatic rings. The Labute approximate surface area is 126 Å². The van der Waals surface area contributed by atoms with E-state index in [2.05, 4.69) is 57.2 Å². The van der Waals surface area contributed by atoms with Gasteiger partial charge in [-0.05, 0) is 52.5 Å². The fraction of sp³-hybridized carbons (Fsp3) is 0.368. The van der Waals surface area contributed by atoms with Gasteiger partial charge in [-0.2, -0.15) is 0 Å². The van der Waals surface area contributed by atoms with Crippen LogP contribution in [0.15, 0.2) is 48.5 Å². The molecular formula is C19H21Cl. The maximum Gasteiger partial charge on any atom is 0.0406 e. The molecule has 0 heterocycles. The summed E-state index contributed by atoms with van der Waals surface area (Å²) in [5, 5.41) is 0.820. The monoisotopic (exact) mass is 284 g/mol. The largest absolute Gasteiger partial charge is 0.0843 e. The summed E-state index contributed by atoms with van der Waals surface area (Å²) in [5.74, 6) is 1.36. The van der Waals surface area contributed by atoms with Crippen molar-refractivity contribution in [3.63, 3.8) is 0 Å². The maximum atomic E-state index is 5.95. The molecule has 3 rings (SSSR count). The molecule has 1 fully saturated rings. The zero-order valence-corrected chi connectivity index (χ0v) is 13.1. The van der Waals surface area contributed by atoms with Gasteiger partial charge in [0.1, 0.15) is 0 Å². The zero-order valence-electron chi connectivity index (χ0n) is 12.4. The van der Waals surface area contributed by atoms with Crippen molar-refractivity contribution in [1.29, 1.82) is 0 Å². The minimum Gasteiger partial charge on any atom is -0.0843 e. The van der Waals surface area contributed by atoms with Crippen LogP contribution in [0.25, 0.3) is 0 Å². The van der Waals surface area contributed by atoms with Gasteiger partial charge in [0.15, 0.2) is 0 Å². The molecule has 1 aliphatic carbocycles. The number of hydrogen-bond donors (Lipinski definition) is 0. The molecule has 0 unspecified atom stereocenters. The Balaban J connectivity index is 1.74. The van der Waals surface area contributed by atoms with Crippen LogP contribution in [0, 0.1) is 0 Å². The van der Waals surface area contributed by atoms with Gasteiger partial charge in [0, 0.05) is 5.02 Å². The first-order chi connectivity index (χ1) is 9.45. The molecule has 0 radical (unpaired) electrons. The molecule has 0 saturated heterocycles. The first-order valence-electron chi connectivity index (χ1n) is 7.31. The molecule has 0 bridgehead atoms. The van der Waals surface area contributed by atoms with E-state index in [0.717, 1.165) is 5.02 Å². The maximum absolute atomic E-state index is 5.95. The van der Waals surface area contributed by atoms with Crippen molar-refractivity contribution >= 4 is 11.6 Å². The Hall–Kier alpha value is -1.27. The van der Waals surface area contributed by atoms with E-state index in [1.807, 2.05) is 12.1 Å². The SMILES string of the molecule is CC(C)(C)c1ccc([C@@H]2C[C@@H]2c2ccc(Cl)cc2)cc1. The van der Waals surface area contributed by atoms with E-state index in [9.17, 15) is 0 Å². The van der Waals surface area contributed by atoms with Crippen LogP contribution in [0.2, 0.25) is 5.02 Å². The Morgan fingerprint density at radius 3 is 1.70 bits per heavy atom. The summed E-state index contributed by atoms with van der Waals surface area (Å²) in [6, 6.07) is 17.5. The Morgan fingerprint density at radius 1 is 0.800 bits per heavy atom. The van der Waals surface area contributed by atoms with Crippen molar-refractivity contribution < 1.29 is 0 Å². The molecule has 2 atom stereocenters. The van der Waals surface area contributed by atoms with Gasteiger partial charge in [0.2, 0.25) is 0 Å². The molecule has 2 aromatic rings. The van der Waals surface area contributed by atoms with E-state index in [4.69, 9.17) is 11.6 Å². The summed E-state index contributed by atoms with van der Waals surface area (Å²) in [6.45, 7) is 6.78. The third-order valence-electron chi connectivity index (χ3n) is 4.29. The van der Waals surface area contributed by atoms with E-state index < -0.39 is 0 Å². The smallest absolute Gasteiger partial charge is 0.0406 e. The van der Waals surface area contributed by atoms with Crippen LogP contribution in [0.4, 0.5) is 0 Å². The summed E-state index contributed by atoms with van der Waals surface area (Å²) < 4.78 is 0. The third kappa shape index (κ3) is 2.76. The predicted molar refractivity (Wildman–Crippen MR) is 86.7 cm³/mol. The van der Waals surface area contributed by atoms with Crippen LogP contribution in [-0.2, 0) is 5.41 Å². The van der Waals surface area contributed by atoms with E-state index >= 15 is 0 Å². The van der Waals surface area contributed by atoms with Crippen molar-refractivity contribution in [3.8, 4) is 0 Å². The van der Waals surface area contributed by atoms with Gasteiger partial charge in [0.05, 0.1) is 0 Å². The lowest BCUT2D eigenvalue weighted by Crippen LogP contribution is -2.10. The second kappa shape index (κ2) is 4.93. The first kappa shape index (κ1) is 13.7. The van der Waals surface area contributed by atoms with E-state index in [1.165, 1.54) is 23.1 Å². The van der Waals surface area contributed by atoms with Crippen LogP contribution in [0.1, 0.15) is 55.7 Å². The molecular weight excluding hydrogens is 264 g/mol. The van der Waals surface area contributed by atoms with Crippen LogP contribution in [0.5, 0.6) is 0 Å². The average Bonchev–Trinajstić information content (AvgIpc) is 3.19. The highest BCUT2D eigenvalue weighted by atomic mass is 35.5. The fourth-order valence-electron chi connectivity index (χ4n) is 2.87. The highest BCUT2D eigenvalue weighted by Gasteiger charge is 2.39.